The van der Waals surface area contributed by atoms with Gasteiger partial charge in [0, 0.05) is 19.3 Å². The molecular weight excluding hydrogens is 328 g/mol. The van der Waals surface area contributed by atoms with Crippen LogP contribution in [-0.2, 0) is 0 Å². The molecular formula is C20H26N4O2. The average Bonchev–Trinajstić information content (AvgIpc) is 3.11. The lowest BCUT2D eigenvalue weighted by Crippen LogP contribution is -2.33. The van der Waals surface area contributed by atoms with E-state index in [9.17, 15) is 4.79 Å². The van der Waals surface area contributed by atoms with Crippen LogP contribution in [0.1, 0.15) is 42.7 Å². The third-order valence-corrected chi connectivity index (χ3v) is 4.15. The third kappa shape index (κ3) is 4.85. The third-order valence-electron chi connectivity index (χ3n) is 4.15. The molecule has 0 aliphatic carbocycles. The molecule has 2 rings (SSSR count). The van der Waals surface area contributed by atoms with Crippen molar-refractivity contribution in [2.45, 2.75) is 33.6 Å². The Morgan fingerprint density at radius 2 is 2.12 bits per heavy atom. The van der Waals surface area contributed by atoms with Gasteiger partial charge in [0.05, 0.1) is 19.6 Å². The fraction of sp³-hybridized carbons (Fsp3) is 0.450. The minimum absolute atomic E-state index is 0.147. The molecule has 0 aliphatic rings. The van der Waals surface area contributed by atoms with Gasteiger partial charge in [-0.05, 0) is 43.0 Å². The van der Waals surface area contributed by atoms with Crippen LogP contribution in [0.5, 0.6) is 5.75 Å². The molecule has 0 atom stereocenters. The van der Waals surface area contributed by atoms with Gasteiger partial charge in [-0.1, -0.05) is 19.9 Å². The zero-order valence-corrected chi connectivity index (χ0v) is 15.9. The molecule has 6 nitrogen and oxygen atoms in total. The van der Waals surface area contributed by atoms with Gasteiger partial charge in [-0.25, -0.2) is 4.68 Å². The Kier molecular flexibility index (Phi) is 6.79. The van der Waals surface area contributed by atoms with Gasteiger partial charge in [0.25, 0.3) is 5.91 Å². The maximum absolute atomic E-state index is 12.8. The monoisotopic (exact) mass is 354 g/mol. The Labute approximate surface area is 155 Å². The lowest BCUT2D eigenvalue weighted by Gasteiger charge is -2.21. The molecule has 2 aromatic rings. The molecule has 0 saturated carbocycles. The molecule has 0 saturated heterocycles. The normalized spacial score (nSPS) is 10.6. The standard InChI is InChI=1S/C20H26N4O2/c1-15(2)8-12-23(11-5-10-21)20(25)17-9-13-24(22-17)18-14-16(3)6-7-19(18)26-4/h6-7,9,13-15H,5,8,11-12H2,1-4H3. The molecule has 0 spiro atoms. The number of aromatic nitrogens is 2. The largest absolute Gasteiger partial charge is 0.494 e. The molecule has 0 bridgehead atoms. The molecule has 26 heavy (non-hydrogen) atoms. The van der Waals surface area contributed by atoms with Crippen LogP contribution in [0.2, 0.25) is 0 Å². The van der Waals surface area contributed by atoms with E-state index >= 15 is 0 Å². The second-order valence-corrected chi connectivity index (χ2v) is 6.70. The van der Waals surface area contributed by atoms with Crippen LogP contribution in [0.4, 0.5) is 0 Å². The first-order valence-corrected chi connectivity index (χ1v) is 8.83. The first-order chi connectivity index (χ1) is 12.5. The van der Waals surface area contributed by atoms with Crippen LogP contribution in [0.25, 0.3) is 5.69 Å². The molecule has 0 fully saturated rings. The van der Waals surface area contributed by atoms with Crippen LogP contribution >= 0.6 is 0 Å². The minimum Gasteiger partial charge on any atom is -0.494 e. The van der Waals surface area contributed by atoms with E-state index in [4.69, 9.17) is 10.00 Å². The Balaban J connectivity index is 2.25. The predicted molar refractivity (Wildman–Crippen MR) is 100 cm³/mol. The SMILES string of the molecule is COc1ccc(C)cc1-n1ccc(C(=O)N(CCC#N)CCC(C)C)n1. The fourth-order valence-electron chi connectivity index (χ4n) is 2.63. The zero-order valence-electron chi connectivity index (χ0n) is 15.9. The number of nitrogens with zero attached hydrogens (tertiary/aromatic N) is 4. The Morgan fingerprint density at radius 3 is 2.77 bits per heavy atom. The molecule has 1 aromatic carbocycles. The summed E-state index contributed by atoms with van der Waals surface area (Å²) in [4.78, 5) is 14.6. The van der Waals surface area contributed by atoms with Crippen LogP contribution < -0.4 is 4.74 Å². The van der Waals surface area contributed by atoms with Crippen molar-refractivity contribution >= 4 is 5.91 Å². The van der Waals surface area contributed by atoms with Gasteiger partial charge < -0.3 is 9.64 Å². The van der Waals surface area contributed by atoms with Crippen LogP contribution in [0.3, 0.4) is 0 Å². The van der Waals surface area contributed by atoms with Crippen molar-refractivity contribution in [2.24, 2.45) is 5.92 Å². The number of nitriles is 1. The number of ether oxygens (including phenoxy) is 1. The molecule has 0 aliphatic heterocycles. The maximum Gasteiger partial charge on any atom is 0.274 e. The number of methoxy groups -OCH3 is 1. The first-order valence-electron chi connectivity index (χ1n) is 8.83. The van der Waals surface area contributed by atoms with E-state index < -0.39 is 0 Å². The predicted octanol–water partition coefficient (Wildman–Crippen LogP) is 3.59. The maximum atomic E-state index is 12.8. The highest BCUT2D eigenvalue weighted by Crippen LogP contribution is 2.23. The summed E-state index contributed by atoms with van der Waals surface area (Å²) in [6, 6.07) is 9.63. The van der Waals surface area contributed by atoms with Gasteiger partial charge in [0.2, 0.25) is 0 Å². The summed E-state index contributed by atoms with van der Waals surface area (Å²) in [5.74, 6) is 1.03. The number of benzene rings is 1. The van der Waals surface area contributed by atoms with E-state index in [1.165, 1.54) is 0 Å². The number of rotatable bonds is 8. The van der Waals surface area contributed by atoms with Crippen LogP contribution in [0.15, 0.2) is 30.5 Å². The summed E-state index contributed by atoms with van der Waals surface area (Å²) in [7, 11) is 1.61. The summed E-state index contributed by atoms with van der Waals surface area (Å²) in [5, 5.41) is 13.3. The number of carbonyl (C=O) groups is 1. The van der Waals surface area contributed by atoms with E-state index in [2.05, 4.69) is 25.0 Å². The summed E-state index contributed by atoms with van der Waals surface area (Å²) in [6.45, 7) is 7.27. The second kappa shape index (κ2) is 9.04. The van der Waals surface area contributed by atoms with Gasteiger partial charge in [0.15, 0.2) is 5.69 Å². The van der Waals surface area contributed by atoms with Gasteiger partial charge in [0.1, 0.15) is 11.4 Å². The number of carbonyl (C=O) groups excluding carboxylic acids is 1. The zero-order chi connectivity index (χ0) is 19.1. The van der Waals surface area contributed by atoms with E-state index in [1.54, 1.807) is 29.0 Å². The number of hydrogen-bond donors (Lipinski definition) is 0. The quantitative estimate of drug-likeness (QED) is 0.726. The van der Waals surface area contributed by atoms with Crippen molar-refractivity contribution in [3.05, 3.63) is 41.7 Å². The number of amides is 1. The van der Waals surface area contributed by atoms with Crippen molar-refractivity contribution in [2.75, 3.05) is 20.2 Å². The highest BCUT2D eigenvalue weighted by molar-refractivity contribution is 5.92. The lowest BCUT2D eigenvalue weighted by molar-refractivity contribution is 0.0745. The van der Waals surface area contributed by atoms with Crippen molar-refractivity contribution in [1.29, 1.82) is 5.26 Å². The van der Waals surface area contributed by atoms with Crippen molar-refractivity contribution < 1.29 is 9.53 Å². The van der Waals surface area contributed by atoms with Crippen molar-refractivity contribution in [3.8, 4) is 17.5 Å². The molecule has 6 heteroatoms. The summed E-state index contributed by atoms with van der Waals surface area (Å²) in [6.07, 6.45) is 2.97. The van der Waals surface area contributed by atoms with Gasteiger partial charge in [-0.15, -0.1) is 0 Å². The van der Waals surface area contributed by atoms with Crippen molar-refractivity contribution in [1.82, 2.24) is 14.7 Å². The number of aryl methyl sites for hydroxylation is 1. The van der Waals surface area contributed by atoms with Crippen LogP contribution in [0, 0.1) is 24.2 Å². The molecule has 0 radical (unpaired) electrons. The summed E-state index contributed by atoms with van der Waals surface area (Å²) in [5.41, 5.74) is 2.24. The smallest absolute Gasteiger partial charge is 0.274 e. The highest BCUT2D eigenvalue weighted by atomic mass is 16.5. The molecule has 0 unspecified atom stereocenters. The lowest BCUT2D eigenvalue weighted by atomic mass is 10.1. The molecule has 1 aromatic heterocycles. The highest BCUT2D eigenvalue weighted by Gasteiger charge is 2.19. The minimum atomic E-state index is -0.147. The van der Waals surface area contributed by atoms with E-state index in [-0.39, 0.29) is 5.91 Å². The van der Waals surface area contributed by atoms with Gasteiger partial charge in [-0.3, -0.25) is 4.79 Å². The Morgan fingerprint density at radius 1 is 1.35 bits per heavy atom. The van der Waals surface area contributed by atoms with Gasteiger partial charge >= 0.3 is 0 Å². The molecule has 138 valence electrons. The summed E-state index contributed by atoms with van der Waals surface area (Å²) < 4.78 is 7.05. The number of hydrogen-bond acceptors (Lipinski definition) is 4. The fourth-order valence-corrected chi connectivity index (χ4v) is 2.63. The van der Waals surface area contributed by atoms with Gasteiger partial charge in [-0.2, -0.15) is 10.4 Å². The summed E-state index contributed by atoms with van der Waals surface area (Å²) >= 11 is 0. The van der Waals surface area contributed by atoms with E-state index in [0.29, 0.717) is 36.9 Å². The Bertz CT molecular complexity index is 789. The molecule has 0 N–H and O–H groups in total. The topological polar surface area (TPSA) is 71.2 Å². The van der Waals surface area contributed by atoms with E-state index in [0.717, 1.165) is 17.7 Å². The molecule has 1 heterocycles. The average molecular weight is 354 g/mol. The Hall–Kier alpha value is -2.81. The van der Waals surface area contributed by atoms with Crippen LogP contribution in [-0.4, -0.2) is 40.8 Å². The second-order valence-electron chi connectivity index (χ2n) is 6.70. The van der Waals surface area contributed by atoms with E-state index in [1.807, 2.05) is 25.1 Å². The molecule has 1 amide bonds. The van der Waals surface area contributed by atoms with Crippen molar-refractivity contribution in [3.63, 3.8) is 0 Å². The first kappa shape index (κ1) is 19.5.